The van der Waals surface area contributed by atoms with Gasteiger partial charge in [-0.3, -0.25) is 0 Å². The van der Waals surface area contributed by atoms with Crippen LogP contribution < -0.4 is 0 Å². The first kappa shape index (κ1) is 40.1. The molecule has 1 heterocycles. The van der Waals surface area contributed by atoms with Gasteiger partial charge in [-0.05, 0) is 0 Å². The molecule has 1 aliphatic heterocycles. The van der Waals surface area contributed by atoms with E-state index in [2.05, 4.69) is 0 Å². The average Bonchev–Trinajstić information content (AvgIpc) is 3.30. The predicted octanol–water partition coefficient (Wildman–Crippen LogP) is 10.1. The van der Waals surface area contributed by atoms with Gasteiger partial charge < -0.3 is 0 Å². The molecular formula is C40H36I2N2O7S4. The number of hydrogen-bond acceptors (Lipinski definition) is 8. The summed E-state index contributed by atoms with van der Waals surface area (Å²) in [6.07, 6.45) is 0. The van der Waals surface area contributed by atoms with E-state index in [4.69, 9.17) is 1.40 Å². The van der Waals surface area contributed by atoms with E-state index >= 15 is 25.3 Å². The van der Waals surface area contributed by atoms with Gasteiger partial charge in [0.05, 0.1) is 0 Å². The molecule has 55 heavy (non-hydrogen) atoms. The van der Waals surface area contributed by atoms with Crippen molar-refractivity contribution in [2.45, 2.75) is 47.3 Å². The molecule has 0 saturated carbocycles. The first-order valence-corrected chi connectivity index (χ1v) is 27.7. The number of halogens is 2. The number of benzene rings is 6. The van der Waals surface area contributed by atoms with E-state index in [-0.39, 0.29) is 14.7 Å². The van der Waals surface area contributed by atoms with Crippen LogP contribution >= 0.6 is 53.0 Å². The first-order valence-electron chi connectivity index (χ1n) is 16.8. The van der Waals surface area contributed by atoms with Crippen LogP contribution in [0.15, 0.2) is 165 Å². The molecule has 6 aromatic carbocycles. The van der Waals surface area contributed by atoms with Crippen LogP contribution in [0.3, 0.4) is 0 Å². The molecule has 1 aliphatic rings. The van der Waals surface area contributed by atoms with Crippen LogP contribution in [-0.4, -0.2) is 29.1 Å². The van der Waals surface area contributed by atoms with Gasteiger partial charge in [-0.25, -0.2) is 0 Å². The van der Waals surface area contributed by atoms with Crippen molar-refractivity contribution in [2.75, 3.05) is 0 Å². The maximum absolute atomic E-state index is 15.1. The Morgan fingerprint density at radius 2 is 0.782 bits per heavy atom. The first-order chi connectivity index (χ1) is 26.2. The van der Waals surface area contributed by atoms with Gasteiger partial charge in [0.25, 0.3) is 0 Å². The molecule has 0 spiro atoms. The Morgan fingerprint density at radius 3 is 1.20 bits per heavy atom. The molecule has 0 aromatic heterocycles. The van der Waals surface area contributed by atoms with Crippen molar-refractivity contribution >= 4 is 83.0 Å². The summed E-state index contributed by atoms with van der Waals surface area (Å²) in [5.74, 6) is 0. The van der Waals surface area contributed by atoms with E-state index in [0.29, 0.717) is 25.1 Å². The van der Waals surface area contributed by atoms with Crippen molar-refractivity contribution < 1.29 is 26.6 Å². The molecule has 0 atom stereocenters. The van der Waals surface area contributed by atoms with Crippen LogP contribution in [0.25, 0.3) is 11.1 Å². The van der Waals surface area contributed by atoms with E-state index < -0.39 is 71.1 Å². The summed E-state index contributed by atoms with van der Waals surface area (Å²) in [6, 6.07) is 40.1. The summed E-state index contributed by atoms with van der Waals surface area (Å²) in [5.41, 5.74) is 4.66. The molecule has 0 fully saturated rings. The molecule has 15 heteroatoms. The van der Waals surface area contributed by atoms with E-state index in [1.54, 1.807) is 80.6 Å². The Bertz CT molecular complexity index is 2620. The third kappa shape index (κ3) is 8.04. The van der Waals surface area contributed by atoms with E-state index in [1.165, 1.54) is 38.3 Å². The summed E-state index contributed by atoms with van der Waals surface area (Å²) >= 11 is -7.16. The molecule has 0 amide bonds. The molecule has 0 saturated heterocycles. The zero-order valence-electron chi connectivity index (χ0n) is 30.0. The minimum absolute atomic E-state index is 0.0228. The van der Waals surface area contributed by atoms with E-state index in [0.717, 1.165) is 34.2 Å². The van der Waals surface area contributed by atoms with Gasteiger partial charge in [0, 0.05) is 0 Å². The second-order valence-electron chi connectivity index (χ2n) is 12.7. The van der Waals surface area contributed by atoms with Crippen molar-refractivity contribution in [3.63, 3.8) is 0 Å². The molecule has 9 nitrogen and oxygen atoms in total. The third-order valence-electron chi connectivity index (χ3n) is 8.47. The molecule has 0 radical (unpaired) electrons. The number of hydrogen-bond donors (Lipinski definition) is 0. The van der Waals surface area contributed by atoms with Crippen LogP contribution in [-0.2, 0) is 31.5 Å². The Labute approximate surface area is 343 Å². The van der Waals surface area contributed by atoms with Gasteiger partial charge >= 0.3 is 347 Å². The Balaban J connectivity index is 1.52. The van der Waals surface area contributed by atoms with Gasteiger partial charge in [0.15, 0.2) is 0 Å². The van der Waals surface area contributed by atoms with E-state index in [9.17, 15) is 0 Å². The van der Waals surface area contributed by atoms with Crippen molar-refractivity contribution in [1.82, 2.24) is 3.85 Å². The molecule has 0 N–H and O–H groups in total. The SMILES string of the molecule is Cc1ccc(SN(I2OI(N(S(=O)(=O)c3ccc(C)cc3)S(=O)(=O)c3ccc(C)cc3)c3ccccc3-c3ccccc32)S(=O)(=O)c2ccc(C)cc2)cc1. The number of fused-ring (bicyclic) bond motifs is 3. The molecule has 7 rings (SSSR count). The molecule has 0 unspecified atom stereocenters. The zero-order chi connectivity index (χ0) is 39.1. The summed E-state index contributed by atoms with van der Waals surface area (Å²) in [6.45, 7) is 7.41. The van der Waals surface area contributed by atoms with Crippen molar-refractivity contribution in [3.05, 3.63) is 175 Å². The Morgan fingerprint density at radius 1 is 0.436 bits per heavy atom. The van der Waals surface area contributed by atoms with Crippen molar-refractivity contribution in [1.29, 1.82) is 0 Å². The van der Waals surface area contributed by atoms with Gasteiger partial charge in [-0.2, -0.15) is 0 Å². The van der Waals surface area contributed by atoms with E-state index in [1.807, 2.05) is 56.3 Å². The Hall–Kier alpha value is -3.14. The normalized spacial score (nSPS) is 14.7. The van der Waals surface area contributed by atoms with Crippen LogP contribution in [0, 0.1) is 34.8 Å². The second-order valence-corrected chi connectivity index (χ2v) is 31.6. The molecule has 0 aliphatic carbocycles. The van der Waals surface area contributed by atoms with Crippen LogP contribution in [0.4, 0.5) is 0 Å². The quantitative estimate of drug-likeness (QED) is 0.0757. The fraction of sp³-hybridized carbons (Fsp3) is 0.100. The number of nitrogens with zero attached hydrogens (tertiary/aromatic N) is 2. The van der Waals surface area contributed by atoms with Gasteiger partial charge in [0.2, 0.25) is 0 Å². The summed E-state index contributed by atoms with van der Waals surface area (Å²) in [4.78, 5) is 0.174. The number of sulfonamides is 3. The number of aryl methyl sites for hydroxylation is 4. The Kier molecular flexibility index (Phi) is 11.7. The summed E-state index contributed by atoms with van der Waals surface area (Å²) in [5, 5.41) is 0. The van der Waals surface area contributed by atoms with Crippen LogP contribution in [0.2, 0.25) is 0 Å². The molecule has 0 bridgehead atoms. The topological polar surface area (TPSA) is 118 Å². The third-order valence-corrected chi connectivity index (χ3v) is 33.6. The number of rotatable bonds is 10. The van der Waals surface area contributed by atoms with Crippen molar-refractivity contribution in [2.24, 2.45) is 0 Å². The fourth-order valence-corrected chi connectivity index (χ4v) is 34.9. The van der Waals surface area contributed by atoms with Gasteiger partial charge in [0.1, 0.15) is 0 Å². The summed E-state index contributed by atoms with van der Waals surface area (Å²) in [7, 11) is -14.0. The fourth-order valence-electron chi connectivity index (χ4n) is 5.47. The van der Waals surface area contributed by atoms with Gasteiger partial charge in [-0.15, -0.1) is 0 Å². The zero-order valence-corrected chi connectivity index (χ0v) is 37.6. The minimum atomic E-state index is -4.84. The summed E-state index contributed by atoms with van der Waals surface area (Å²) < 4.78 is 100. The van der Waals surface area contributed by atoms with Gasteiger partial charge in [-0.1, -0.05) is 0 Å². The average molecular weight is 1040 g/mol. The molecular weight excluding hydrogens is 1000 g/mol. The standard InChI is InChI=1S/C40H36I2N2O7S4/c1-29-13-21-33(22-14-29)52-43(53(45,46)34-23-15-30(2)16-24-34)41-39-11-7-5-9-37(39)38-10-6-8-12-40(38)42(51-41)44(54(47,48)35-25-17-31(3)18-26-35)55(49,50)36-27-19-32(4)20-28-36/h5-28H,1-4H3. The van der Waals surface area contributed by atoms with Crippen LogP contribution in [0.1, 0.15) is 22.3 Å². The molecule has 6 aromatic rings. The van der Waals surface area contributed by atoms with Crippen molar-refractivity contribution in [3.8, 4) is 11.1 Å². The predicted molar refractivity (Wildman–Crippen MR) is 234 cm³/mol. The molecule has 286 valence electrons. The second kappa shape index (κ2) is 16.0. The monoisotopic (exact) mass is 1040 g/mol. The maximum atomic E-state index is 15.1. The van der Waals surface area contributed by atoms with Crippen LogP contribution in [0.5, 0.6) is 0 Å².